The number of nitrogens with one attached hydrogen (secondary N) is 1. The zero-order valence-electron chi connectivity index (χ0n) is 18.8. The van der Waals surface area contributed by atoms with Crippen LogP contribution in [0.1, 0.15) is 22.7 Å². The fourth-order valence-corrected chi connectivity index (χ4v) is 3.88. The van der Waals surface area contributed by atoms with E-state index in [9.17, 15) is 49.0 Å². The van der Waals surface area contributed by atoms with Gasteiger partial charge in [-0.3, -0.25) is 0 Å². The van der Waals surface area contributed by atoms with Crippen LogP contribution in [0, 0.1) is 5.82 Å². The maximum absolute atomic E-state index is 14.7. The van der Waals surface area contributed by atoms with Crippen molar-refractivity contribution < 1.29 is 53.7 Å². The Morgan fingerprint density at radius 3 is 2.03 bits per heavy atom. The lowest BCUT2D eigenvalue weighted by Gasteiger charge is -2.24. The number of hydrogen-bond donors (Lipinski definition) is 2. The van der Waals surface area contributed by atoms with E-state index in [1.54, 1.807) is 0 Å². The normalized spacial score (nSPS) is 14.3. The van der Waals surface area contributed by atoms with Gasteiger partial charge in [0.05, 0.1) is 11.6 Å². The Bertz CT molecular complexity index is 1230. The molecule has 3 aromatic carbocycles. The summed E-state index contributed by atoms with van der Waals surface area (Å²) >= 11 is -0.352. The Labute approximate surface area is 213 Å². The number of aliphatic hydroxyl groups is 1. The summed E-state index contributed by atoms with van der Waals surface area (Å²) in [5.41, 5.74) is -6.14. The fourth-order valence-electron chi connectivity index (χ4n) is 3.29. The first-order valence-electron chi connectivity index (χ1n) is 10.5. The van der Waals surface area contributed by atoms with Crippen molar-refractivity contribution in [3.63, 3.8) is 0 Å². The number of hydrogen-bond acceptors (Lipinski definition) is 4. The van der Waals surface area contributed by atoms with Gasteiger partial charge in [-0.05, 0) is 59.8 Å². The van der Waals surface area contributed by atoms with E-state index in [0.29, 0.717) is 6.07 Å². The molecule has 0 saturated heterocycles. The lowest BCUT2D eigenvalue weighted by Crippen LogP contribution is -2.40. The monoisotopic (exact) mass is 573 g/mol. The van der Waals surface area contributed by atoms with Crippen molar-refractivity contribution in [2.75, 3.05) is 6.54 Å². The quantitative estimate of drug-likeness (QED) is 0.213. The third-order valence-corrected chi connectivity index (χ3v) is 5.74. The van der Waals surface area contributed by atoms with E-state index in [1.807, 2.05) is 0 Å². The molecular weight excluding hydrogens is 556 g/mol. The van der Waals surface area contributed by atoms with Crippen molar-refractivity contribution >= 4 is 11.8 Å². The summed E-state index contributed by atoms with van der Waals surface area (Å²) in [6, 6.07) is 10.3. The van der Waals surface area contributed by atoms with Crippen molar-refractivity contribution in [2.45, 2.75) is 34.9 Å². The molecule has 0 aliphatic rings. The molecule has 3 aromatic rings. The third-order valence-electron chi connectivity index (χ3n) is 5.02. The average Bonchev–Trinajstić information content (AvgIpc) is 2.78. The second-order valence-corrected chi connectivity index (χ2v) is 8.96. The minimum Gasteiger partial charge on any atom is -0.457 e. The van der Waals surface area contributed by atoms with Crippen LogP contribution in [0.15, 0.2) is 71.6 Å². The fraction of sp³-hybridized carbons (Fsp3) is 0.250. The number of alkyl halides is 9. The summed E-state index contributed by atoms with van der Waals surface area (Å²) in [6.07, 6.45) is -12.7. The number of thioether (sulfide) groups is 1. The molecule has 38 heavy (non-hydrogen) atoms. The van der Waals surface area contributed by atoms with Crippen LogP contribution in [0.5, 0.6) is 11.5 Å². The topological polar surface area (TPSA) is 41.5 Å². The molecule has 3 nitrogen and oxygen atoms in total. The minimum absolute atomic E-state index is 0.0451. The maximum atomic E-state index is 14.7. The van der Waals surface area contributed by atoms with Crippen molar-refractivity contribution in [3.8, 4) is 11.5 Å². The molecule has 0 aromatic heterocycles. The Morgan fingerprint density at radius 2 is 1.47 bits per heavy atom. The highest BCUT2D eigenvalue weighted by molar-refractivity contribution is 8.00. The molecule has 2 N–H and O–H groups in total. The van der Waals surface area contributed by atoms with Crippen LogP contribution in [0.25, 0.3) is 0 Å². The molecule has 0 radical (unpaired) electrons. The van der Waals surface area contributed by atoms with E-state index in [-0.39, 0.29) is 39.8 Å². The smallest absolute Gasteiger partial charge is 0.446 e. The van der Waals surface area contributed by atoms with Gasteiger partial charge in [-0.25, -0.2) is 4.39 Å². The Morgan fingerprint density at radius 1 is 0.816 bits per heavy atom. The summed E-state index contributed by atoms with van der Waals surface area (Å²) in [7, 11) is 0. The largest absolute Gasteiger partial charge is 0.457 e. The zero-order valence-corrected chi connectivity index (χ0v) is 19.6. The van der Waals surface area contributed by atoms with Crippen LogP contribution < -0.4 is 10.1 Å². The molecule has 0 aliphatic carbocycles. The van der Waals surface area contributed by atoms with Gasteiger partial charge >= 0.3 is 17.9 Å². The van der Waals surface area contributed by atoms with E-state index < -0.39 is 53.5 Å². The van der Waals surface area contributed by atoms with Crippen LogP contribution >= 0.6 is 11.8 Å². The molecule has 0 bridgehead atoms. The SMILES string of the molecule is OC(CNC(c1ccc(Oc2cccc(SC(F)(F)F)c2)cc1)c1ccc(C(F)(F)F)cc1F)C(F)(F)F. The van der Waals surface area contributed by atoms with Crippen LogP contribution in [-0.4, -0.2) is 29.4 Å². The Hall–Kier alpha value is -2.97. The van der Waals surface area contributed by atoms with Gasteiger partial charge < -0.3 is 15.2 Å². The van der Waals surface area contributed by atoms with Gasteiger partial charge in [0.25, 0.3) is 0 Å². The second-order valence-electron chi connectivity index (χ2n) is 7.83. The summed E-state index contributed by atoms with van der Waals surface area (Å²) < 4.78 is 135. The van der Waals surface area contributed by atoms with Gasteiger partial charge in [0, 0.05) is 17.0 Å². The molecule has 14 heteroatoms. The van der Waals surface area contributed by atoms with E-state index >= 15 is 0 Å². The van der Waals surface area contributed by atoms with E-state index in [2.05, 4.69) is 5.32 Å². The first kappa shape index (κ1) is 29.6. The summed E-state index contributed by atoms with van der Waals surface area (Å²) in [6.45, 7) is -1.10. The lowest BCUT2D eigenvalue weighted by atomic mass is 9.96. The Balaban J connectivity index is 1.87. The molecule has 0 aliphatic heterocycles. The zero-order chi connectivity index (χ0) is 28.3. The molecule has 206 valence electrons. The van der Waals surface area contributed by atoms with Gasteiger partial charge in [0.1, 0.15) is 17.3 Å². The van der Waals surface area contributed by atoms with E-state index in [1.165, 1.54) is 42.5 Å². The molecule has 0 spiro atoms. The minimum atomic E-state index is -5.01. The van der Waals surface area contributed by atoms with Crippen molar-refractivity contribution in [1.82, 2.24) is 5.32 Å². The molecule has 0 heterocycles. The highest BCUT2D eigenvalue weighted by Gasteiger charge is 2.38. The maximum Gasteiger partial charge on any atom is 0.446 e. The highest BCUT2D eigenvalue weighted by atomic mass is 32.2. The molecule has 2 atom stereocenters. The molecule has 3 rings (SSSR count). The van der Waals surface area contributed by atoms with Crippen molar-refractivity contribution in [3.05, 3.63) is 89.2 Å². The average molecular weight is 573 g/mol. The first-order valence-corrected chi connectivity index (χ1v) is 11.3. The van der Waals surface area contributed by atoms with Crippen LogP contribution in [0.4, 0.5) is 43.9 Å². The lowest BCUT2D eigenvalue weighted by molar-refractivity contribution is -0.202. The molecule has 2 unspecified atom stereocenters. The standard InChI is InChI=1S/C24H17F10NO2S/c25-19-10-14(22(26,27)28)6-9-18(19)21(35-12-20(36)23(29,30)31)13-4-7-15(8-5-13)37-16-2-1-3-17(11-16)38-24(32,33)34/h1-11,20-21,35-36H,12H2. The molecule has 0 saturated carbocycles. The Kier molecular flexibility index (Phi) is 8.89. The second kappa shape index (κ2) is 11.4. The first-order chi connectivity index (χ1) is 17.5. The van der Waals surface area contributed by atoms with Gasteiger partial charge in [-0.15, -0.1) is 0 Å². The van der Waals surface area contributed by atoms with Crippen LogP contribution in [-0.2, 0) is 6.18 Å². The van der Waals surface area contributed by atoms with E-state index in [0.717, 1.165) is 12.1 Å². The van der Waals surface area contributed by atoms with Crippen LogP contribution in [0.3, 0.4) is 0 Å². The van der Waals surface area contributed by atoms with Gasteiger partial charge in [0.2, 0.25) is 0 Å². The number of halogens is 10. The van der Waals surface area contributed by atoms with Gasteiger partial charge in [0.15, 0.2) is 6.10 Å². The number of benzene rings is 3. The molecular formula is C24H17F10NO2S. The van der Waals surface area contributed by atoms with Crippen molar-refractivity contribution in [1.29, 1.82) is 0 Å². The van der Waals surface area contributed by atoms with Crippen LogP contribution in [0.2, 0.25) is 0 Å². The van der Waals surface area contributed by atoms with Gasteiger partial charge in [-0.1, -0.05) is 24.3 Å². The van der Waals surface area contributed by atoms with Gasteiger partial charge in [-0.2, -0.15) is 39.5 Å². The molecule has 0 amide bonds. The number of ether oxygens (including phenoxy) is 1. The number of rotatable bonds is 8. The van der Waals surface area contributed by atoms with E-state index in [4.69, 9.17) is 4.74 Å². The molecule has 0 fully saturated rings. The third kappa shape index (κ3) is 8.27. The summed E-state index contributed by atoms with van der Waals surface area (Å²) in [5, 5.41) is 11.6. The highest BCUT2D eigenvalue weighted by Crippen LogP contribution is 2.39. The van der Waals surface area contributed by atoms with Crippen molar-refractivity contribution in [2.24, 2.45) is 0 Å². The predicted molar refractivity (Wildman–Crippen MR) is 118 cm³/mol. The predicted octanol–water partition coefficient (Wildman–Crippen LogP) is 7.85. The number of aliphatic hydroxyl groups excluding tert-OH is 1. The summed E-state index contributed by atoms with van der Waals surface area (Å²) in [5.74, 6) is -1.20. The summed E-state index contributed by atoms with van der Waals surface area (Å²) in [4.78, 5) is -0.142.